The minimum atomic E-state index is -0.0196. The summed E-state index contributed by atoms with van der Waals surface area (Å²) in [5, 5.41) is 0. The number of carbonyl (C=O) groups excluding carboxylic acids is 1. The number of fused-ring (bicyclic) bond motifs is 1. The van der Waals surface area contributed by atoms with Crippen molar-refractivity contribution >= 4 is 5.91 Å². The molecule has 0 spiro atoms. The molecule has 2 rings (SSSR count). The minimum Gasteiger partial charge on any atom is -0.339 e. The van der Waals surface area contributed by atoms with Crippen LogP contribution < -0.4 is 5.73 Å². The lowest BCUT2D eigenvalue weighted by Crippen LogP contribution is -2.36. The van der Waals surface area contributed by atoms with Crippen molar-refractivity contribution in [1.29, 1.82) is 0 Å². The predicted molar refractivity (Wildman–Crippen MR) is 77.8 cm³/mol. The van der Waals surface area contributed by atoms with Gasteiger partial charge in [0.1, 0.15) is 0 Å². The van der Waals surface area contributed by atoms with E-state index < -0.39 is 0 Å². The second kappa shape index (κ2) is 6.20. The molecule has 1 aromatic rings. The number of carbonyl (C=O) groups is 1. The SMILES string of the molecule is CCC(N)CC(=O)N(C)C1CCCc2ccccc21. The number of aryl methyl sites for hydroxylation is 1. The van der Waals surface area contributed by atoms with Crippen molar-refractivity contribution in [2.45, 2.75) is 51.1 Å². The first kappa shape index (κ1) is 14.1. The van der Waals surface area contributed by atoms with Crippen molar-refractivity contribution in [3.05, 3.63) is 35.4 Å². The molecule has 2 unspecified atom stereocenters. The van der Waals surface area contributed by atoms with Gasteiger partial charge in [-0.15, -0.1) is 0 Å². The van der Waals surface area contributed by atoms with Gasteiger partial charge in [0, 0.05) is 19.5 Å². The van der Waals surface area contributed by atoms with Gasteiger partial charge >= 0.3 is 0 Å². The Labute approximate surface area is 115 Å². The number of nitrogens with zero attached hydrogens (tertiary/aromatic N) is 1. The number of nitrogens with two attached hydrogens (primary N) is 1. The molecule has 1 amide bonds. The van der Waals surface area contributed by atoms with Crippen LogP contribution >= 0.6 is 0 Å². The van der Waals surface area contributed by atoms with Gasteiger partial charge in [0.2, 0.25) is 5.91 Å². The Morgan fingerprint density at radius 2 is 2.21 bits per heavy atom. The first-order valence-electron chi connectivity index (χ1n) is 7.22. The fourth-order valence-electron chi connectivity index (χ4n) is 2.82. The molecule has 3 heteroatoms. The van der Waals surface area contributed by atoms with Crippen LogP contribution in [-0.4, -0.2) is 23.9 Å². The maximum absolute atomic E-state index is 12.3. The molecule has 0 fully saturated rings. The van der Waals surface area contributed by atoms with Gasteiger partial charge in [0.15, 0.2) is 0 Å². The summed E-state index contributed by atoms with van der Waals surface area (Å²) in [6.45, 7) is 2.02. The van der Waals surface area contributed by atoms with Crippen LogP contribution in [0.2, 0.25) is 0 Å². The smallest absolute Gasteiger partial charge is 0.224 e. The summed E-state index contributed by atoms with van der Waals surface area (Å²) in [4.78, 5) is 14.2. The number of amides is 1. The standard InChI is InChI=1S/C16H24N2O/c1-3-13(17)11-16(19)18(2)15-10-6-8-12-7-4-5-9-14(12)15/h4-5,7,9,13,15H,3,6,8,10-11,17H2,1-2H3. The molecule has 1 aliphatic rings. The van der Waals surface area contributed by atoms with Crippen molar-refractivity contribution in [1.82, 2.24) is 4.90 Å². The fraction of sp³-hybridized carbons (Fsp3) is 0.562. The predicted octanol–water partition coefficient (Wildman–Crippen LogP) is 2.65. The van der Waals surface area contributed by atoms with E-state index >= 15 is 0 Å². The molecule has 0 heterocycles. The van der Waals surface area contributed by atoms with E-state index in [0.717, 1.165) is 25.7 Å². The average Bonchev–Trinajstić information content (AvgIpc) is 2.45. The minimum absolute atomic E-state index is 0.0196. The zero-order chi connectivity index (χ0) is 13.8. The topological polar surface area (TPSA) is 46.3 Å². The van der Waals surface area contributed by atoms with E-state index in [1.165, 1.54) is 11.1 Å². The summed E-state index contributed by atoms with van der Waals surface area (Å²) in [7, 11) is 1.91. The van der Waals surface area contributed by atoms with E-state index in [4.69, 9.17) is 5.73 Å². The Balaban J connectivity index is 2.12. The highest BCUT2D eigenvalue weighted by Gasteiger charge is 2.26. The second-order valence-electron chi connectivity index (χ2n) is 5.48. The van der Waals surface area contributed by atoms with Gasteiger partial charge < -0.3 is 10.6 Å². The zero-order valence-corrected chi connectivity index (χ0v) is 11.9. The molecule has 19 heavy (non-hydrogen) atoms. The van der Waals surface area contributed by atoms with Crippen LogP contribution in [0.5, 0.6) is 0 Å². The van der Waals surface area contributed by atoms with Crippen molar-refractivity contribution in [3.63, 3.8) is 0 Å². The van der Waals surface area contributed by atoms with Crippen LogP contribution in [0.1, 0.15) is 49.8 Å². The third-order valence-electron chi connectivity index (χ3n) is 4.16. The first-order chi connectivity index (χ1) is 9.13. The molecular weight excluding hydrogens is 236 g/mol. The Morgan fingerprint density at radius 1 is 1.47 bits per heavy atom. The number of benzene rings is 1. The van der Waals surface area contributed by atoms with E-state index in [0.29, 0.717) is 6.42 Å². The Morgan fingerprint density at radius 3 is 2.95 bits per heavy atom. The van der Waals surface area contributed by atoms with Crippen molar-refractivity contribution < 1.29 is 4.79 Å². The van der Waals surface area contributed by atoms with E-state index in [1.807, 2.05) is 18.9 Å². The summed E-state index contributed by atoms with van der Waals surface area (Å²) in [6.07, 6.45) is 4.63. The third-order valence-corrected chi connectivity index (χ3v) is 4.16. The molecule has 3 nitrogen and oxygen atoms in total. The lowest BCUT2D eigenvalue weighted by molar-refractivity contribution is -0.132. The van der Waals surface area contributed by atoms with E-state index in [1.54, 1.807) is 0 Å². The molecule has 0 bridgehead atoms. The maximum atomic E-state index is 12.3. The normalized spacial score (nSPS) is 19.6. The largest absolute Gasteiger partial charge is 0.339 e. The highest BCUT2D eigenvalue weighted by atomic mass is 16.2. The van der Waals surface area contributed by atoms with Crippen LogP contribution in [0.25, 0.3) is 0 Å². The lowest BCUT2D eigenvalue weighted by Gasteiger charge is -2.33. The van der Waals surface area contributed by atoms with Crippen LogP contribution in [0, 0.1) is 0 Å². The summed E-state index contributed by atoms with van der Waals surface area (Å²) in [5.41, 5.74) is 8.59. The van der Waals surface area contributed by atoms with Crippen molar-refractivity contribution in [2.24, 2.45) is 5.73 Å². The summed E-state index contributed by atoms with van der Waals surface area (Å²) < 4.78 is 0. The van der Waals surface area contributed by atoms with Crippen molar-refractivity contribution in [3.8, 4) is 0 Å². The molecule has 0 aromatic heterocycles. The van der Waals surface area contributed by atoms with Gasteiger partial charge in [-0.1, -0.05) is 31.2 Å². The second-order valence-corrected chi connectivity index (χ2v) is 5.48. The summed E-state index contributed by atoms with van der Waals surface area (Å²) in [5.74, 6) is 0.163. The average molecular weight is 260 g/mol. The van der Waals surface area contributed by atoms with E-state index in [9.17, 15) is 4.79 Å². The van der Waals surface area contributed by atoms with Gasteiger partial charge in [0.05, 0.1) is 6.04 Å². The van der Waals surface area contributed by atoms with Gasteiger partial charge in [-0.05, 0) is 36.8 Å². The molecule has 2 N–H and O–H groups in total. The monoisotopic (exact) mass is 260 g/mol. The first-order valence-corrected chi connectivity index (χ1v) is 7.22. The highest BCUT2D eigenvalue weighted by molar-refractivity contribution is 5.77. The van der Waals surface area contributed by atoms with Gasteiger partial charge in [-0.25, -0.2) is 0 Å². The molecule has 1 aromatic carbocycles. The van der Waals surface area contributed by atoms with Crippen molar-refractivity contribution in [2.75, 3.05) is 7.05 Å². The molecule has 2 atom stereocenters. The Hall–Kier alpha value is -1.35. The third kappa shape index (κ3) is 3.16. The van der Waals surface area contributed by atoms with E-state index in [2.05, 4.69) is 24.3 Å². The Kier molecular flexibility index (Phi) is 4.59. The molecule has 0 saturated heterocycles. The maximum Gasteiger partial charge on any atom is 0.224 e. The number of rotatable bonds is 4. The number of hydrogen-bond donors (Lipinski definition) is 1. The number of hydrogen-bond acceptors (Lipinski definition) is 2. The van der Waals surface area contributed by atoms with Crippen LogP contribution in [0.4, 0.5) is 0 Å². The molecule has 0 aliphatic heterocycles. The van der Waals surface area contributed by atoms with Crippen LogP contribution in [0.15, 0.2) is 24.3 Å². The zero-order valence-electron chi connectivity index (χ0n) is 11.9. The fourth-order valence-corrected chi connectivity index (χ4v) is 2.82. The molecular formula is C16H24N2O. The summed E-state index contributed by atoms with van der Waals surface area (Å²) in [6, 6.07) is 8.68. The quantitative estimate of drug-likeness (QED) is 0.904. The van der Waals surface area contributed by atoms with Gasteiger partial charge in [-0.2, -0.15) is 0 Å². The van der Waals surface area contributed by atoms with Gasteiger partial charge in [0.25, 0.3) is 0 Å². The molecule has 0 saturated carbocycles. The molecule has 1 aliphatic carbocycles. The van der Waals surface area contributed by atoms with Gasteiger partial charge in [-0.3, -0.25) is 4.79 Å². The Bertz CT molecular complexity index is 444. The molecule has 104 valence electrons. The van der Waals surface area contributed by atoms with Crippen LogP contribution in [-0.2, 0) is 11.2 Å². The van der Waals surface area contributed by atoms with Crippen LogP contribution in [0.3, 0.4) is 0 Å². The lowest BCUT2D eigenvalue weighted by atomic mass is 9.87. The summed E-state index contributed by atoms with van der Waals surface area (Å²) >= 11 is 0. The molecule has 0 radical (unpaired) electrons. The highest BCUT2D eigenvalue weighted by Crippen LogP contribution is 2.33. The van der Waals surface area contributed by atoms with E-state index in [-0.39, 0.29) is 18.0 Å².